The highest BCUT2D eigenvalue weighted by atomic mass is 16.5. The first-order valence-electron chi connectivity index (χ1n) is 6.04. The van der Waals surface area contributed by atoms with Crippen molar-refractivity contribution in [2.75, 3.05) is 13.7 Å². The van der Waals surface area contributed by atoms with E-state index in [1.165, 1.54) is 4.68 Å². The minimum Gasteiger partial charge on any atom is -0.508 e. The topological polar surface area (TPSA) is 97.5 Å². The molecule has 0 fully saturated rings. The van der Waals surface area contributed by atoms with Gasteiger partial charge in [0.2, 0.25) is 0 Å². The van der Waals surface area contributed by atoms with Crippen molar-refractivity contribution in [1.82, 2.24) is 15.0 Å². The first-order valence-corrected chi connectivity index (χ1v) is 6.04. The van der Waals surface area contributed by atoms with Gasteiger partial charge in [0.05, 0.1) is 18.8 Å². The Hall–Kier alpha value is -2.41. The Morgan fingerprint density at radius 1 is 1.45 bits per heavy atom. The number of hydrogen-bond acceptors (Lipinski definition) is 5. The maximum absolute atomic E-state index is 11.1. The Bertz CT molecular complexity index is 609. The van der Waals surface area contributed by atoms with Crippen LogP contribution in [0.4, 0.5) is 0 Å². The van der Waals surface area contributed by atoms with Crippen LogP contribution < -0.4 is 0 Å². The quantitative estimate of drug-likeness (QED) is 0.814. The van der Waals surface area contributed by atoms with Gasteiger partial charge in [0.25, 0.3) is 0 Å². The summed E-state index contributed by atoms with van der Waals surface area (Å²) in [7, 11) is 1.55. The molecular formula is C13H15N3O4. The number of aromatic carboxylic acids is 1. The Labute approximate surface area is 115 Å². The van der Waals surface area contributed by atoms with Gasteiger partial charge in [-0.1, -0.05) is 17.3 Å². The van der Waals surface area contributed by atoms with Crippen molar-refractivity contribution < 1.29 is 19.7 Å². The summed E-state index contributed by atoms with van der Waals surface area (Å²) in [6.07, 6.45) is 0.407. The van der Waals surface area contributed by atoms with Crippen LogP contribution >= 0.6 is 0 Å². The molecule has 20 heavy (non-hydrogen) atoms. The van der Waals surface area contributed by atoms with Crippen LogP contribution in [-0.4, -0.2) is 44.9 Å². The van der Waals surface area contributed by atoms with E-state index in [1.54, 1.807) is 25.3 Å². The van der Waals surface area contributed by atoms with Crippen LogP contribution in [0.25, 0.3) is 0 Å². The van der Waals surface area contributed by atoms with Gasteiger partial charge in [-0.15, -0.1) is 5.10 Å². The van der Waals surface area contributed by atoms with Crippen molar-refractivity contribution in [2.24, 2.45) is 0 Å². The highest BCUT2D eigenvalue weighted by Gasteiger charge is 2.18. The Morgan fingerprint density at radius 2 is 2.25 bits per heavy atom. The molecule has 1 heterocycles. The lowest BCUT2D eigenvalue weighted by atomic mass is 10.2. The summed E-state index contributed by atoms with van der Waals surface area (Å²) >= 11 is 0. The zero-order valence-corrected chi connectivity index (χ0v) is 11.0. The van der Waals surface area contributed by atoms with Crippen molar-refractivity contribution in [2.45, 2.75) is 13.0 Å². The lowest BCUT2D eigenvalue weighted by Gasteiger charge is -2.07. The van der Waals surface area contributed by atoms with E-state index in [0.717, 1.165) is 5.56 Å². The van der Waals surface area contributed by atoms with Gasteiger partial charge in [-0.2, -0.15) is 0 Å². The molecule has 106 valence electrons. The average molecular weight is 277 g/mol. The number of carboxylic acids is 1. The van der Waals surface area contributed by atoms with Crippen LogP contribution in [0.3, 0.4) is 0 Å². The van der Waals surface area contributed by atoms with Crippen molar-refractivity contribution in [3.8, 4) is 5.75 Å². The highest BCUT2D eigenvalue weighted by Crippen LogP contribution is 2.14. The normalized spacial score (nSPS) is 10.7. The van der Waals surface area contributed by atoms with E-state index in [1.807, 2.05) is 6.07 Å². The predicted molar refractivity (Wildman–Crippen MR) is 69.8 cm³/mol. The number of carboxylic acid groups (broad SMARTS) is 1. The monoisotopic (exact) mass is 277 g/mol. The van der Waals surface area contributed by atoms with Crippen LogP contribution in [0.1, 0.15) is 21.7 Å². The van der Waals surface area contributed by atoms with Gasteiger partial charge in [0, 0.05) is 13.5 Å². The number of carbonyl (C=O) groups is 1. The summed E-state index contributed by atoms with van der Waals surface area (Å²) in [6.45, 7) is 0.724. The molecule has 0 aliphatic carbocycles. The largest absolute Gasteiger partial charge is 0.508 e. The van der Waals surface area contributed by atoms with Crippen LogP contribution in [0.2, 0.25) is 0 Å². The van der Waals surface area contributed by atoms with Crippen LogP contribution in [0, 0.1) is 0 Å². The van der Waals surface area contributed by atoms with E-state index in [2.05, 4.69) is 10.3 Å². The van der Waals surface area contributed by atoms with Gasteiger partial charge >= 0.3 is 5.97 Å². The second-order valence-electron chi connectivity index (χ2n) is 4.26. The second-order valence-corrected chi connectivity index (χ2v) is 4.26. The molecule has 0 spiro atoms. The Balaban J connectivity index is 2.28. The number of methoxy groups -OCH3 is 1. The smallest absolute Gasteiger partial charge is 0.358 e. The predicted octanol–water partition coefficient (Wildman–Crippen LogP) is 0.919. The molecule has 0 bridgehead atoms. The molecule has 0 aliphatic heterocycles. The molecule has 0 saturated heterocycles. The summed E-state index contributed by atoms with van der Waals surface area (Å²) in [5.41, 5.74) is 1.25. The molecule has 2 aromatic rings. The SMILES string of the molecule is COCCc1c(C(=O)O)nnn1Cc1cccc(O)c1. The van der Waals surface area contributed by atoms with Gasteiger partial charge < -0.3 is 14.9 Å². The average Bonchev–Trinajstić information content (AvgIpc) is 2.79. The van der Waals surface area contributed by atoms with E-state index in [4.69, 9.17) is 9.84 Å². The number of hydrogen-bond donors (Lipinski definition) is 2. The molecule has 0 radical (unpaired) electrons. The fourth-order valence-electron chi connectivity index (χ4n) is 1.90. The zero-order valence-electron chi connectivity index (χ0n) is 11.0. The maximum Gasteiger partial charge on any atom is 0.358 e. The summed E-state index contributed by atoms with van der Waals surface area (Å²) in [6, 6.07) is 6.71. The highest BCUT2D eigenvalue weighted by molar-refractivity contribution is 5.86. The lowest BCUT2D eigenvalue weighted by molar-refractivity contribution is 0.0688. The number of ether oxygens (including phenoxy) is 1. The molecular weight excluding hydrogens is 262 g/mol. The number of phenols is 1. The Morgan fingerprint density at radius 3 is 2.90 bits per heavy atom. The van der Waals surface area contributed by atoms with Crippen LogP contribution in [0.15, 0.2) is 24.3 Å². The third kappa shape index (κ3) is 3.12. The van der Waals surface area contributed by atoms with Crippen molar-refractivity contribution in [3.63, 3.8) is 0 Å². The van der Waals surface area contributed by atoms with E-state index in [0.29, 0.717) is 25.3 Å². The molecule has 0 saturated carbocycles. The van der Waals surface area contributed by atoms with Crippen LogP contribution in [-0.2, 0) is 17.7 Å². The number of aromatic hydroxyl groups is 1. The van der Waals surface area contributed by atoms with Gasteiger partial charge in [-0.3, -0.25) is 0 Å². The zero-order chi connectivity index (χ0) is 14.5. The van der Waals surface area contributed by atoms with E-state index in [9.17, 15) is 9.90 Å². The van der Waals surface area contributed by atoms with E-state index < -0.39 is 5.97 Å². The van der Waals surface area contributed by atoms with E-state index in [-0.39, 0.29) is 11.4 Å². The molecule has 2 rings (SSSR count). The summed E-state index contributed by atoms with van der Waals surface area (Å²) < 4.78 is 6.48. The molecule has 0 amide bonds. The molecule has 1 aromatic heterocycles. The van der Waals surface area contributed by atoms with Gasteiger partial charge in [-0.25, -0.2) is 9.48 Å². The standard InChI is InChI=1S/C13H15N3O4/c1-20-6-5-11-12(13(18)19)14-15-16(11)8-9-3-2-4-10(17)7-9/h2-4,7,17H,5-6,8H2,1H3,(H,18,19). The van der Waals surface area contributed by atoms with Crippen LogP contribution in [0.5, 0.6) is 5.75 Å². The second kappa shape index (κ2) is 6.16. The third-order valence-corrected chi connectivity index (χ3v) is 2.83. The molecule has 0 atom stereocenters. The minimum absolute atomic E-state index is 0.0674. The lowest BCUT2D eigenvalue weighted by Crippen LogP contribution is -2.11. The first kappa shape index (κ1) is 14.0. The van der Waals surface area contributed by atoms with Gasteiger partial charge in [0.1, 0.15) is 5.75 Å². The minimum atomic E-state index is -1.11. The number of phenolic OH excluding ortho intramolecular Hbond substituents is 1. The summed E-state index contributed by atoms with van der Waals surface area (Å²) in [5, 5.41) is 26.1. The van der Waals surface area contributed by atoms with Gasteiger partial charge in [-0.05, 0) is 17.7 Å². The van der Waals surface area contributed by atoms with Crippen molar-refractivity contribution in [1.29, 1.82) is 0 Å². The molecule has 0 aliphatic rings. The number of benzene rings is 1. The molecule has 0 unspecified atom stereocenters. The van der Waals surface area contributed by atoms with Crippen molar-refractivity contribution in [3.05, 3.63) is 41.2 Å². The fourth-order valence-corrected chi connectivity index (χ4v) is 1.90. The number of aromatic nitrogens is 3. The number of nitrogens with zero attached hydrogens (tertiary/aromatic N) is 3. The molecule has 7 heteroatoms. The van der Waals surface area contributed by atoms with E-state index >= 15 is 0 Å². The number of rotatable bonds is 6. The summed E-state index contributed by atoms with van der Waals surface area (Å²) in [4.78, 5) is 11.1. The van der Waals surface area contributed by atoms with Crippen molar-refractivity contribution >= 4 is 5.97 Å². The maximum atomic E-state index is 11.1. The first-order chi connectivity index (χ1) is 9.61. The van der Waals surface area contributed by atoms with Gasteiger partial charge in [0.15, 0.2) is 5.69 Å². The molecule has 1 aromatic carbocycles. The third-order valence-electron chi connectivity index (χ3n) is 2.83. The fraction of sp³-hybridized carbons (Fsp3) is 0.308. The molecule has 2 N–H and O–H groups in total. The Kier molecular flexibility index (Phi) is 4.31. The summed E-state index contributed by atoms with van der Waals surface area (Å²) in [5.74, 6) is -0.960. The molecule has 7 nitrogen and oxygen atoms in total.